The lowest BCUT2D eigenvalue weighted by molar-refractivity contribution is -0.135. The summed E-state index contributed by atoms with van der Waals surface area (Å²) in [6, 6.07) is 15.1. The van der Waals surface area contributed by atoms with E-state index in [1.807, 2.05) is 24.3 Å². The average molecular weight is 520 g/mol. The van der Waals surface area contributed by atoms with E-state index < -0.39 is 22.7 Å². The third-order valence-electron chi connectivity index (χ3n) is 6.04. The number of benzene rings is 3. The number of fused-ring (bicyclic) bond motifs is 3. The molecule has 3 aromatic heterocycles. The molecule has 0 aliphatic rings. The highest BCUT2D eigenvalue weighted by atomic mass is 19.4. The van der Waals surface area contributed by atoms with Crippen molar-refractivity contribution < 1.29 is 17.9 Å². The molecule has 0 atom stereocenters. The Balaban J connectivity index is 1.63. The summed E-state index contributed by atoms with van der Waals surface area (Å²) in [5.41, 5.74) is 4.23. The molecule has 0 fully saturated rings. The Morgan fingerprint density at radius 2 is 1.74 bits per heavy atom. The van der Waals surface area contributed by atoms with Crippen molar-refractivity contribution >= 4 is 44.3 Å². The van der Waals surface area contributed by atoms with Crippen LogP contribution in [0, 0.1) is 0 Å². The first-order valence-corrected chi connectivity index (χ1v) is 11.5. The van der Waals surface area contributed by atoms with Crippen LogP contribution in [-0.4, -0.2) is 43.5 Å². The first-order chi connectivity index (χ1) is 18.3. The number of hydrogen-bond donors (Lipinski definition) is 5. The van der Waals surface area contributed by atoms with Crippen molar-refractivity contribution in [2.45, 2.75) is 6.18 Å². The zero-order valence-corrected chi connectivity index (χ0v) is 19.5. The summed E-state index contributed by atoms with van der Waals surface area (Å²) in [7, 11) is 0. The van der Waals surface area contributed by atoms with Crippen LogP contribution < -0.4 is 21.3 Å². The number of rotatable bonds is 6. The number of H-pyrrole nitrogens is 3. The van der Waals surface area contributed by atoms with E-state index in [-0.39, 0.29) is 41.4 Å². The van der Waals surface area contributed by atoms with Crippen LogP contribution in [0.3, 0.4) is 0 Å². The summed E-state index contributed by atoms with van der Waals surface area (Å²) in [6.07, 6.45) is -4.87. The van der Waals surface area contributed by atoms with Gasteiger partial charge in [0.1, 0.15) is 23.7 Å². The van der Waals surface area contributed by atoms with Gasteiger partial charge in [-0.05, 0) is 36.4 Å². The van der Waals surface area contributed by atoms with Crippen LogP contribution in [0.15, 0.2) is 59.4 Å². The second-order valence-corrected chi connectivity index (χ2v) is 8.42. The molecule has 0 aliphatic carbocycles. The van der Waals surface area contributed by atoms with Crippen molar-refractivity contribution in [1.29, 1.82) is 0 Å². The maximum absolute atomic E-state index is 14.4. The molecule has 38 heavy (non-hydrogen) atoms. The van der Waals surface area contributed by atoms with Crippen molar-refractivity contribution in [3.8, 4) is 17.1 Å². The SMILES string of the molecule is NCCOc1cccc2c(Nc3n[nH]c4ccccc34)nc(-c3ccc4[nH][nH]c(=O)c4c3C(F)(F)F)nc12. The lowest BCUT2D eigenvalue weighted by atomic mass is 10.0. The fraction of sp³-hybridized carbons (Fsp3) is 0.120. The average Bonchev–Trinajstić information content (AvgIpc) is 3.49. The van der Waals surface area contributed by atoms with Gasteiger partial charge in [0.15, 0.2) is 11.6 Å². The van der Waals surface area contributed by atoms with E-state index in [1.54, 1.807) is 18.2 Å². The molecule has 13 heteroatoms. The van der Waals surface area contributed by atoms with E-state index in [4.69, 9.17) is 10.5 Å². The summed E-state index contributed by atoms with van der Waals surface area (Å²) in [6.45, 7) is 0.396. The maximum atomic E-state index is 14.4. The van der Waals surface area contributed by atoms with Gasteiger partial charge in [-0.15, -0.1) is 0 Å². The van der Waals surface area contributed by atoms with E-state index >= 15 is 0 Å². The zero-order chi connectivity index (χ0) is 26.4. The van der Waals surface area contributed by atoms with Crippen molar-refractivity contribution in [1.82, 2.24) is 30.4 Å². The Hall–Kier alpha value is -4.91. The molecule has 0 amide bonds. The molecule has 192 valence electrons. The second-order valence-electron chi connectivity index (χ2n) is 8.42. The lowest BCUT2D eigenvalue weighted by Gasteiger charge is -2.16. The summed E-state index contributed by atoms with van der Waals surface area (Å²) in [5.74, 6) is 0.698. The molecular formula is C25H19F3N8O2. The molecular weight excluding hydrogens is 501 g/mol. The molecule has 0 bridgehead atoms. The number of alkyl halides is 3. The van der Waals surface area contributed by atoms with E-state index in [0.717, 1.165) is 10.9 Å². The van der Waals surface area contributed by atoms with Crippen LogP contribution >= 0.6 is 0 Å². The van der Waals surface area contributed by atoms with Crippen LogP contribution in [-0.2, 0) is 6.18 Å². The summed E-state index contributed by atoms with van der Waals surface area (Å²) < 4.78 is 48.9. The number of ether oxygens (including phenoxy) is 1. The van der Waals surface area contributed by atoms with Crippen molar-refractivity contribution in [2.75, 3.05) is 18.5 Å². The minimum absolute atomic E-state index is 0.0140. The molecule has 6 N–H and O–H groups in total. The monoisotopic (exact) mass is 520 g/mol. The first kappa shape index (κ1) is 23.5. The van der Waals surface area contributed by atoms with Crippen molar-refractivity contribution in [3.05, 3.63) is 70.5 Å². The van der Waals surface area contributed by atoms with Crippen LogP contribution in [0.2, 0.25) is 0 Å². The van der Waals surface area contributed by atoms with E-state index in [1.165, 1.54) is 12.1 Å². The van der Waals surface area contributed by atoms with Gasteiger partial charge in [0.2, 0.25) is 0 Å². The van der Waals surface area contributed by atoms with Gasteiger partial charge in [0.25, 0.3) is 5.56 Å². The van der Waals surface area contributed by atoms with Gasteiger partial charge in [-0.1, -0.05) is 18.2 Å². The predicted octanol–water partition coefficient (Wildman–Crippen LogP) is 4.44. The number of nitrogens with zero attached hydrogens (tertiary/aromatic N) is 3. The van der Waals surface area contributed by atoms with Gasteiger partial charge >= 0.3 is 6.18 Å². The number of hydrogen-bond acceptors (Lipinski definition) is 7. The van der Waals surface area contributed by atoms with E-state index in [9.17, 15) is 18.0 Å². The predicted molar refractivity (Wildman–Crippen MR) is 136 cm³/mol. The molecule has 3 heterocycles. The highest BCUT2D eigenvalue weighted by Gasteiger charge is 2.38. The number of aromatic amines is 3. The van der Waals surface area contributed by atoms with Gasteiger partial charge in [-0.3, -0.25) is 20.1 Å². The number of aromatic nitrogens is 6. The summed E-state index contributed by atoms with van der Waals surface area (Å²) in [5, 5.41) is 15.7. The largest absolute Gasteiger partial charge is 0.490 e. The number of nitrogens with one attached hydrogen (secondary N) is 4. The lowest BCUT2D eigenvalue weighted by Crippen LogP contribution is -2.14. The highest BCUT2D eigenvalue weighted by Crippen LogP contribution is 2.41. The Morgan fingerprint density at radius 1 is 0.921 bits per heavy atom. The molecule has 6 rings (SSSR count). The van der Waals surface area contributed by atoms with Crippen molar-refractivity contribution in [3.63, 3.8) is 0 Å². The van der Waals surface area contributed by atoms with Gasteiger partial charge in [0, 0.05) is 22.9 Å². The molecule has 0 unspecified atom stereocenters. The third-order valence-corrected chi connectivity index (χ3v) is 6.04. The molecule has 3 aromatic carbocycles. The number of halogens is 3. The number of para-hydroxylation sites is 2. The fourth-order valence-electron chi connectivity index (χ4n) is 4.41. The number of anilines is 2. The van der Waals surface area contributed by atoms with Gasteiger partial charge in [-0.25, -0.2) is 9.97 Å². The minimum Gasteiger partial charge on any atom is -0.490 e. The second kappa shape index (κ2) is 8.88. The van der Waals surface area contributed by atoms with Crippen LogP contribution in [0.4, 0.5) is 24.8 Å². The smallest absolute Gasteiger partial charge is 0.417 e. The van der Waals surface area contributed by atoms with E-state index in [0.29, 0.717) is 17.0 Å². The Bertz CT molecular complexity index is 1870. The fourth-order valence-corrected chi connectivity index (χ4v) is 4.41. The molecule has 0 aliphatic heterocycles. The Morgan fingerprint density at radius 3 is 2.55 bits per heavy atom. The highest BCUT2D eigenvalue weighted by molar-refractivity contribution is 5.99. The maximum Gasteiger partial charge on any atom is 0.417 e. The normalized spacial score (nSPS) is 12.0. The molecule has 0 radical (unpaired) electrons. The Labute approximate surface area is 211 Å². The number of nitrogens with two attached hydrogens (primary N) is 1. The Kier molecular flexibility index (Phi) is 5.49. The van der Waals surface area contributed by atoms with Crippen LogP contribution in [0.25, 0.3) is 44.1 Å². The van der Waals surface area contributed by atoms with E-state index in [2.05, 4.69) is 35.7 Å². The van der Waals surface area contributed by atoms with Crippen molar-refractivity contribution in [2.24, 2.45) is 5.73 Å². The van der Waals surface area contributed by atoms with Gasteiger partial charge < -0.3 is 15.8 Å². The molecule has 0 saturated carbocycles. The third kappa shape index (κ3) is 3.89. The summed E-state index contributed by atoms with van der Waals surface area (Å²) >= 11 is 0. The molecule has 0 spiro atoms. The van der Waals surface area contributed by atoms with Crippen LogP contribution in [0.1, 0.15) is 5.56 Å². The molecule has 10 nitrogen and oxygen atoms in total. The van der Waals surface area contributed by atoms with Crippen LogP contribution in [0.5, 0.6) is 5.75 Å². The van der Waals surface area contributed by atoms with Gasteiger partial charge in [0.05, 0.1) is 22.0 Å². The molecule has 0 saturated heterocycles. The zero-order valence-electron chi connectivity index (χ0n) is 19.5. The molecule has 6 aromatic rings. The topological polar surface area (TPSA) is 150 Å². The standard InChI is InChI=1S/C25H19F3N8O2/c26-25(27,28)19-13(8-9-16-18(19)24(37)36-34-16)21-30-20-14(5-3-7-17(20)38-11-10-29)22(31-21)32-23-12-4-1-2-6-15(12)33-35-23/h1-9H,10-11,29H2,(H2,34,36,37)(H2,30,31,32,33,35). The minimum atomic E-state index is -4.87. The summed E-state index contributed by atoms with van der Waals surface area (Å²) in [4.78, 5) is 21.3. The van der Waals surface area contributed by atoms with Gasteiger partial charge in [-0.2, -0.15) is 18.3 Å². The quantitative estimate of drug-likeness (QED) is 0.218. The first-order valence-electron chi connectivity index (χ1n) is 11.5.